The second kappa shape index (κ2) is 9.76. The third-order valence-electron chi connectivity index (χ3n) is 6.65. The van der Waals surface area contributed by atoms with E-state index in [9.17, 15) is 39.2 Å². The largest absolute Gasteiger partial charge is 0.417 e. The minimum Gasteiger partial charge on any atom is -0.347 e. The van der Waals surface area contributed by atoms with Gasteiger partial charge >= 0.3 is 12.4 Å². The Balaban J connectivity index is 1.98. The number of rotatable bonds is 6. The molecule has 1 heterocycles. The minimum absolute atomic E-state index is 0.0396. The second-order valence-electron chi connectivity index (χ2n) is 11.0. The van der Waals surface area contributed by atoms with Gasteiger partial charge in [0.05, 0.1) is 10.8 Å². The van der Waals surface area contributed by atoms with Crippen molar-refractivity contribution < 1.29 is 43.5 Å². The van der Waals surface area contributed by atoms with Crippen LogP contribution in [0.4, 0.5) is 35.1 Å². The van der Waals surface area contributed by atoms with Crippen LogP contribution in [0.5, 0.6) is 0 Å². The van der Waals surface area contributed by atoms with Crippen LogP contribution in [0.15, 0.2) is 36.5 Å². The zero-order valence-corrected chi connectivity index (χ0v) is 22.0. The Morgan fingerprint density at radius 1 is 1.00 bits per heavy atom. The molecule has 1 aliphatic carbocycles. The van der Waals surface area contributed by atoms with Crippen molar-refractivity contribution in [1.29, 1.82) is 0 Å². The van der Waals surface area contributed by atoms with Crippen LogP contribution in [0.2, 0.25) is 0 Å². The van der Waals surface area contributed by atoms with Crippen molar-refractivity contribution in [2.45, 2.75) is 70.2 Å². The monoisotopic (exact) mass is 582 g/mol. The van der Waals surface area contributed by atoms with Crippen LogP contribution in [-0.2, 0) is 22.7 Å². The van der Waals surface area contributed by atoms with E-state index in [2.05, 4.69) is 0 Å². The van der Waals surface area contributed by atoms with E-state index in [-0.39, 0.29) is 30.3 Å². The van der Waals surface area contributed by atoms with E-state index in [0.29, 0.717) is 18.6 Å². The molecule has 0 saturated heterocycles. The molecular formula is C26H26F8N2O2S. The number of hydrogen-bond donors (Lipinski definition) is 1. The highest BCUT2D eigenvalue weighted by Gasteiger charge is 2.47. The van der Waals surface area contributed by atoms with E-state index in [1.807, 2.05) is 0 Å². The van der Waals surface area contributed by atoms with Crippen molar-refractivity contribution in [2.75, 3.05) is 0 Å². The maximum absolute atomic E-state index is 15.4. The van der Waals surface area contributed by atoms with Crippen molar-refractivity contribution in [1.82, 2.24) is 9.29 Å². The molecule has 1 N–H and O–H groups in total. The molecule has 4 nitrogen and oxygen atoms in total. The maximum atomic E-state index is 15.4. The Morgan fingerprint density at radius 2 is 1.64 bits per heavy atom. The van der Waals surface area contributed by atoms with Crippen molar-refractivity contribution >= 4 is 20.9 Å². The molecule has 2 aromatic carbocycles. The third kappa shape index (κ3) is 5.93. The molecule has 1 aliphatic rings. The molecule has 39 heavy (non-hydrogen) atoms. The zero-order chi connectivity index (χ0) is 29.1. The number of hydrogen-bond acceptors (Lipinski definition) is 2. The SMILES string of the molecule is CC(C)(C)Cn1cc([C@H](NS(=O)(=O)C2CCC2)C(F)(F)F)c2cc(F)c(-c3c(F)cccc3C(F)(F)F)cc21. The summed E-state index contributed by atoms with van der Waals surface area (Å²) in [6, 6.07) is 0.861. The first kappa shape index (κ1) is 29.3. The minimum atomic E-state index is -5.12. The molecule has 0 radical (unpaired) electrons. The van der Waals surface area contributed by atoms with Gasteiger partial charge in [0.25, 0.3) is 0 Å². The van der Waals surface area contributed by atoms with E-state index in [1.165, 1.54) is 4.57 Å². The number of aromatic nitrogens is 1. The van der Waals surface area contributed by atoms with Gasteiger partial charge in [0, 0.05) is 40.3 Å². The Labute approximate surface area is 220 Å². The predicted octanol–water partition coefficient (Wildman–Crippen LogP) is 7.73. The molecule has 0 bridgehead atoms. The number of benzene rings is 2. The van der Waals surface area contributed by atoms with Gasteiger partial charge in [-0.25, -0.2) is 17.2 Å². The molecule has 0 spiro atoms. The fraction of sp³-hybridized carbons (Fsp3) is 0.462. The van der Waals surface area contributed by atoms with Crippen LogP contribution in [0, 0.1) is 17.0 Å². The van der Waals surface area contributed by atoms with Gasteiger partial charge in [-0.05, 0) is 42.5 Å². The average Bonchev–Trinajstić information content (AvgIpc) is 3.03. The number of fused-ring (bicyclic) bond motifs is 1. The number of halogens is 8. The fourth-order valence-electron chi connectivity index (χ4n) is 4.68. The Bertz CT molecular complexity index is 1500. The Hall–Kier alpha value is -2.67. The van der Waals surface area contributed by atoms with Gasteiger partial charge in [-0.15, -0.1) is 0 Å². The first-order chi connectivity index (χ1) is 17.8. The number of nitrogens with zero attached hydrogens (tertiary/aromatic N) is 1. The van der Waals surface area contributed by atoms with Crippen LogP contribution in [0.3, 0.4) is 0 Å². The topological polar surface area (TPSA) is 51.1 Å². The fourth-order valence-corrected chi connectivity index (χ4v) is 6.42. The highest BCUT2D eigenvalue weighted by molar-refractivity contribution is 7.90. The molecule has 13 heteroatoms. The number of alkyl halides is 6. The predicted molar refractivity (Wildman–Crippen MR) is 130 cm³/mol. The molecule has 0 amide bonds. The van der Waals surface area contributed by atoms with E-state index in [0.717, 1.165) is 24.4 Å². The second-order valence-corrected chi connectivity index (χ2v) is 13.0. The van der Waals surface area contributed by atoms with Crippen LogP contribution < -0.4 is 4.72 Å². The molecule has 3 aromatic rings. The average molecular weight is 583 g/mol. The molecular weight excluding hydrogens is 556 g/mol. The van der Waals surface area contributed by atoms with E-state index < -0.39 is 73.0 Å². The number of sulfonamides is 1. The molecule has 1 fully saturated rings. The van der Waals surface area contributed by atoms with Gasteiger partial charge in [0.1, 0.15) is 17.7 Å². The summed E-state index contributed by atoms with van der Waals surface area (Å²) >= 11 is 0. The summed E-state index contributed by atoms with van der Waals surface area (Å²) in [5.74, 6) is -2.76. The molecule has 0 unspecified atom stereocenters. The van der Waals surface area contributed by atoms with E-state index >= 15 is 4.39 Å². The Morgan fingerprint density at radius 3 is 2.15 bits per heavy atom. The molecule has 1 atom stereocenters. The highest BCUT2D eigenvalue weighted by Crippen LogP contribution is 2.44. The van der Waals surface area contributed by atoms with Gasteiger partial charge < -0.3 is 4.57 Å². The van der Waals surface area contributed by atoms with Gasteiger partial charge in [-0.1, -0.05) is 33.3 Å². The summed E-state index contributed by atoms with van der Waals surface area (Å²) in [6.45, 7) is 5.30. The summed E-state index contributed by atoms with van der Waals surface area (Å²) < 4.78 is 142. The molecule has 214 valence electrons. The smallest absolute Gasteiger partial charge is 0.347 e. The molecule has 4 rings (SSSR count). The summed E-state index contributed by atoms with van der Waals surface area (Å²) in [5, 5.41) is -1.35. The van der Waals surface area contributed by atoms with Crippen LogP contribution in [0.25, 0.3) is 22.0 Å². The Kier molecular flexibility index (Phi) is 7.33. The van der Waals surface area contributed by atoms with Crippen LogP contribution in [-0.4, -0.2) is 24.4 Å². The number of nitrogens with one attached hydrogen (secondary N) is 1. The van der Waals surface area contributed by atoms with Crippen molar-refractivity contribution in [3.8, 4) is 11.1 Å². The van der Waals surface area contributed by atoms with E-state index in [1.54, 1.807) is 25.5 Å². The van der Waals surface area contributed by atoms with Gasteiger partial charge in [0.15, 0.2) is 0 Å². The normalized spacial score (nSPS) is 16.5. The van der Waals surface area contributed by atoms with Crippen molar-refractivity contribution in [3.63, 3.8) is 0 Å². The van der Waals surface area contributed by atoms with Gasteiger partial charge in [-0.3, -0.25) is 0 Å². The van der Waals surface area contributed by atoms with E-state index in [4.69, 9.17) is 0 Å². The van der Waals surface area contributed by atoms with Crippen LogP contribution in [0.1, 0.15) is 57.2 Å². The highest BCUT2D eigenvalue weighted by atomic mass is 32.2. The van der Waals surface area contributed by atoms with Gasteiger partial charge in [-0.2, -0.15) is 31.1 Å². The third-order valence-corrected chi connectivity index (χ3v) is 8.56. The first-order valence-electron chi connectivity index (χ1n) is 12.1. The van der Waals surface area contributed by atoms with Crippen molar-refractivity contribution in [3.05, 3.63) is 59.3 Å². The van der Waals surface area contributed by atoms with Gasteiger partial charge in [0.2, 0.25) is 10.0 Å². The maximum Gasteiger partial charge on any atom is 0.417 e. The quantitative estimate of drug-likeness (QED) is 0.303. The zero-order valence-electron chi connectivity index (χ0n) is 21.1. The standard InChI is InChI=1S/C26H26F8N2O2S/c1-24(2,3)13-36-12-17(23(26(32,33)34)35-39(37,38)14-6-4-7-14)15-10-20(28)16(11-21(15)36)22-18(25(29,30)31)8-5-9-19(22)27/h5,8-12,14,23,35H,4,6-7,13H2,1-3H3/t23-/m0/s1. The summed E-state index contributed by atoms with van der Waals surface area (Å²) in [4.78, 5) is 0. The summed E-state index contributed by atoms with van der Waals surface area (Å²) in [6.07, 6.45) is -8.19. The summed E-state index contributed by atoms with van der Waals surface area (Å²) in [7, 11) is -4.39. The molecule has 1 aromatic heterocycles. The van der Waals surface area contributed by atoms with Crippen molar-refractivity contribution in [2.24, 2.45) is 5.41 Å². The van der Waals surface area contributed by atoms with Crippen LogP contribution >= 0.6 is 0 Å². The lowest BCUT2D eigenvalue weighted by atomic mass is 9.95. The lowest BCUT2D eigenvalue weighted by Gasteiger charge is -2.29. The first-order valence-corrected chi connectivity index (χ1v) is 13.6. The molecule has 1 saturated carbocycles. The lowest BCUT2D eigenvalue weighted by Crippen LogP contribution is -2.44. The lowest BCUT2D eigenvalue weighted by molar-refractivity contribution is -0.152. The summed E-state index contributed by atoms with van der Waals surface area (Å²) in [5.41, 5.74) is -4.59. The molecule has 0 aliphatic heterocycles.